The highest BCUT2D eigenvalue weighted by molar-refractivity contribution is 7.92. The van der Waals surface area contributed by atoms with Crippen molar-refractivity contribution in [2.24, 2.45) is 0 Å². The van der Waals surface area contributed by atoms with Gasteiger partial charge in [-0.2, -0.15) is 0 Å². The Morgan fingerprint density at radius 1 is 1.13 bits per heavy atom. The van der Waals surface area contributed by atoms with Crippen LogP contribution in [0.1, 0.15) is 12.5 Å². The van der Waals surface area contributed by atoms with E-state index in [2.05, 4.69) is 15.5 Å². The van der Waals surface area contributed by atoms with E-state index < -0.39 is 22.0 Å². The van der Waals surface area contributed by atoms with Crippen molar-refractivity contribution >= 4 is 61.3 Å². The second-order valence-electron chi connectivity index (χ2n) is 6.60. The molecule has 1 amide bonds. The van der Waals surface area contributed by atoms with E-state index in [9.17, 15) is 13.2 Å². The zero-order valence-electron chi connectivity index (χ0n) is 16.3. The summed E-state index contributed by atoms with van der Waals surface area (Å²) in [7, 11) is -3.84. The van der Waals surface area contributed by atoms with Crippen molar-refractivity contribution in [2.45, 2.75) is 19.9 Å². The topological polar surface area (TPSA) is 92.3 Å². The molecular weight excluding hydrogens is 467 g/mol. The van der Waals surface area contributed by atoms with Crippen molar-refractivity contribution in [3.8, 4) is 10.6 Å². The van der Waals surface area contributed by atoms with Crippen molar-refractivity contribution in [3.05, 3.63) is 58.1 Å². The van der Waals surface area contributed by atoms with Gasteiger partial charge in [0.05, 0.1) is 17.0 Å². The van der Waals surface area contributed by atoms with E-state index >= 15 is 0 Å². The van der Waals surface area contributed by atoms with Crippen molar-refractivity contribution in [1.82, 2.24) is 10.2 Å². The Hall–Kier alpha value is -2.20. The van der Waals surface area contributed by atoms with Crippen LogP contribution in [0.5, 0.6) is 0 Å². The number of aryl methyl sites for hydroxylation is 1. The maximum Gasteiger partial charge on any atom is 0.249 e. The van der Waals surface area contributed by atoms with Crippen LogP contribution in [0.4, 0.5) is 10.8 Å². The Balaban J connectivity index is 1.84. The van der Waals surface area contributed by atoms with Gasteiger partial charge in [0.2, 0.25) is 21.1 Å². The zero-order chi connectivity index (χ0) is 22.1. The molecular formula is C19H18Cl2N4O3S2. The Labute approximate surface area is 188 Å². The standard InChI is InChI=1S/C19H18Cl2N4O3S2/c1-11-4-6-13(7-5-11)18-23-24-19(29-18)22-17(26)12(2)25(30(3,27)28)16-10-14(20)8-9-15(16)21/h4-10,12H,1-3H3,(H,22,24,26)/t12-/m1/s1. The first-order valence-corrected chi connectivity index (χ1v) is 12.1. The number of benzene rings is 2. The largest absolute Gasteiger partial charge is 0.299 e. The summed E-state index contributed by atoms with van der Waals surface area (Å²) in [5.41, 5.74) is 2.10. The molecule has 0 radical (unpaired) electrons. The number of sulfonamides is 1. The summed E-state index contributed by atoms with van der Waals surface area (Å²) in [5, 5.41) is 12.0. The first kappa shape index (κ1) is 22.5. The highest BCUT2D eigenvalue weighted by Crippen LogP contribution is 2.33. The number of nitrogens with one attached hydrogen (secondary N) is 1. The SMILES string of the molecule is Cc1ccc(-c2nnc(NC(=O)[C@@H](C)N(c3cc(Cl)ccc3Cl)S(C)(=O)=O)s2)cc1. The number of hydrogen-bond donors (Lipinski definition) is 1. The predicted octanol–water partition coefficient (Wildman–Crippen LogP) is 4.61. The fraction of sp³-hybridized carbons (Fsp3) is 0.211. The van der Waals surface area contributed by atoms with Gasteiger partial charge in [-0.15, -0.1) is 10.2 Å². The van der Waals surface area contributed by atoms with Gasteiger partial charge >= 0.3 is 0 Å². The van der Waals surface area contributed by atoms with Crippen molar-refractivity contribution in [2.75, 3.05) is 15.9 Å². The third kappa shape index (κ3) is 5.10. The molecule has 0 aliphatic carbocycles. The number of aromatic nitrogens is 2. The molecule has 3 rings (SSSR count). The van der Waals surface area contributed by atoms with Gasteiger partial charge in [0.15, 0.2) is 0 Å². The minimum absolute atomic E-state index is 0.118. The highest BCUT2D eigenvalue weighted by atomic mass is 35.5. The summed E-state index contributed by atoms with van der Waals surface area (Å²) < 4.78 is 25.8. The van der Waals surface area contributed by atoms with E-state index in [1.807, 2.05) is 31.2 Å². The molecule has 1 atom stereocenters. The molecule has 0 spiro atoms. The number of nitrogens with zero attached hydrogens (tertiary/aromatic N) is 3. The minimum Gasteiger partial charge on any atom is -0.299 e. The summed E-state index contributed by atoms with van der Waals surface area (Å²) in [5.74, 6) is -0.580. The van der Waals surface area contributed by atoms with E-state index in [0.717, 1.165) is 21.7 Å². The van der Waals surface area contributed by atoms with E-state index in [4.69, 9.17) is 23.2 Å². The average Bonchev–Trinajstić information content (AvgIpc) is 3.12. The lowest BCUT2D eigenvalue weighted by Crippen LogP contribution is -2.45. The van der Waals surface area contributed by atoms with Crippen LogP contribution in [0, 0.1) is 6.92 Å². The minimum atomic E-state index is -3.84. The molecule has 0 bridgehead atoms. The molecule has 0 aliphatic heterocycles. The Morgan fingerprint density at radius 2 is 1.80 bits per heavy atom. The normalized spacial score (nSPS) is 12.4. The highest BCUT2D eigenvalue weighted by Gasteiger charge is 2.31. The van der Waals surface area contributed by atoms with E-state index in [1.165, 1.54) is 36.5 Å². The van der Waals surface area contributed by atoms with Gasteiger partial charge < -0.3 is 0 Å². The molecule has 1 N–H and O–H groups in total. The van der Waals surface area contributed by atoms with Crippen LogP contribution in [0.25, 0.3) is 10.6 Å². The number of amides is 1. The number of rotatable bonds is 6. The van der Waals surface area contributed by atoms with Crippen molar-refractivity contribution in [3.63, 3.8) is 0 Å². The molecule has 0 saturated carbocycles. The van der Waals surface area contributed by atoms with Gasteiger partial charge in [0.1, 0.15) is 11.0 Å². The summed E-state index contributed by atoms with van der Waals surface area (Å²) in [6, 6.07) is 11.0. The molecule has 0 aliphatic rings. The lowest BCUT2D eigenvalue weighted by atomic mass is 10.2. The van der Waals surface area contributed by atoms with Crippen LogP contribution >= 0.6 is 34.5 Å². The van der Waals surface area contributed by atoms with Gasteiger partial charge in [-0.05, 0) is 32.0 Å². The number of hydrogen-bond acceptors (Lipinski definition) is 6. The zero-order valence-corrected chi connectivity index (χ0v) is 19.4. The van der Waals surface area contributed by atoms with Crippen LogP contribution in [0.3, 0.4) is 0 Å². The molecule has 3 aromatic rings. The molecule has 7 nitrogen and oxygen atoms in total. The second-order valence-corrected chi connectivity index (χ2v) is 10.3. The van der Waals surface area contributed by atoms with Crippen LogP contribution in [-0.4, -0.2) is 36.8 Å². The first-order chi connectivity index (χ1) is 14.1. The quantitative estimate of drug-likeness (QED) is 0.551. The monoisotopic (exact) mass is 484 g/mol. The van der Waals surface area contributed by atoms with Gasteiger partial charge in [-0.25, -0.2) is 8.42 Å². The maximum absolute atomic E-state index is 12.8. The van der Waals surface area contributed by atoms with E-state index in [1.54, 1.807) is 0 Å². The molecule has 158 valence electrons. The van der Waals surface area contributed by atoms with Crippen LogP contribution in [0.2, 0.25) is 10.0 Å². The number of carbonyl (C=O) groups is 1. The number of anilines is 2. The molecule has 1 aromatic heterocycles. The summed E-state index contributed by atoms with van der Waals surface area (Å²) in [6.07, 6.45) is 0.995. The third-order valence-electron chi connectivity index (χ3n) is 4.19. The first-order valence-electron chi connectivity index (χ1n) is 8.72. The molecule has 0 unspecified atom stereocenters. The van der Waals surface area contributed by atoms with Crippen molar-refractivity contribution in [1.29, 1.82) is 0 Å². The Kier molecular flexibility index (Phi) is 6.66. The molecule has 30 heavy (non-hydrogen) atoms. The molecule has 0 fully saturated rings. The number of carbonyl (C=O) groups excluding carboxylic acids is 1. The number of halogens is 2. The second kappa shape index (κ2) is 8.89. The molecule has 11 heteroatoms. The van der Waals surface area contributed by atoms with Gasteiger partial charge in [-0.3, -0.25) is 14.4 Å². The van der Waals surface area contributed by atoms with Crippen LogP contribution in [0.15, 0.2) is 42.5 Å². The van der Waals surface area contributed by atoms with Gasteiger partial charge in [0.25, 0.3) is 0 Å². The lowest BCUT2D eigenvalue weighted by molar-refractivity contribution is -0.116. The lowest BCUT2D eigenvalue weighted by Gasteiger charge is -2.28. The smallest absolute Gasteiger partial charge is 0.249 e. The third-order valence-corrected chi connectivity index (χ3v) is 6.86. The van der Waals surface area contributed by atoms with Crippen molar-refractivity contribution < 1.29 is 13.2 Å². The Bertz CT molecular complexity index is 1180. The van der Waals surface area contributed by atoms with Crippen LogP contribution in [-0.2, 0) is 14.8 Å². The predicted molar refractivity (Wildman–Crippen MR) is 122 cm³/mol. The maximum atomic E-state index is 12.8. The Morgan fingerprint density at radius 3 is 2.43 bits per heavy atom. The molecule has 2 aromatic carbocycles. The fourth-order valence-electron chi connectivity index (χ4n) is 2.73. The summed E-state index contributed by atoms with van der Waals surface area (Å²) in [6.45, 7) is 3.44. The van der Waals surface area contributed by atoms with E-state index in [0.29, 0.717) is 10.0 Å². The summed E-state index contributed by atoms with van der Waals surface area (Å²) >= 11 is 13.4. The van der Waals surface area contributed by atoms with E-state index in [-0.39, 0.29) is 15.8 Å². The van der Waals surface area contributed by atoms with Crippen LogP contribution < -0.4 is 9.62 Å². The molecule has 0 saturated heterocycles. The van der Waals surface area contributed by atoms with Gasteiger partial charge in [0, 0.05) is 10.6 Å². The fourth-order valence-corrected chi connectivity index (χ4v) is 5.09. The molecule has 1 heterocycles. The van der Waals surface area contributed by atoms with Gasteiger partial charge in [-0.1, -0.05) is 64.4 Å². The summed E-state index contributed by atoms with van der Waals surface area (Å²) in [4.78, 5) is 12.8. The average molecular weight is 485 g/mol.